The highest BCUT2D eigenvalue weighted by Crippen LogP contribution is 2.08. The molecule has 1 aromatic rings. The Kier molecular flexibility index (Phi) is 6.11. The smallest absolute Gasteiger partial charge is 0.507 e. The first-order valence-electron chi connectivity index (χ1n) is 4.15. The number of benzene rings is 1. The summed E-state index contributed by atoms with van der Waals surface area (Å²) in [6.45, 7) is 0. The van der Waals surface area contributed by atoms with Gasteiger partial charge in [0.1, 0.15) is 5.75 Å². The van der Waals surface area contributed by atoms with Crippen LogP contribution in [0.3, 0.4) is 0 Å². The van der Waals surface area contributed by atoms with Crippen molar-refractivity contribution < 1.29 is 29.3 Å². The molecule has 0 bridgehead atoms. The Balaban J connectivity index is 0.000000325. The number of ether oxygens (including phenoxy) is 2. The molecule has 0 heterocycles. The van der Waals surface area contributed by atoms with Crippen LogP contribution in [0.15, 0.2) is 24.3 Å². The molecule has 0 unspecified atom stereocenters. The standard InChI is InChI=1S/C7H6O3.C3H6O3/c8-6-3-1-5(2-4-6)7(9)10;1-5-3(4)6-2/h1-4,8H,(H,9,10);1-2H3. The Labute approximate surface area is 92.0 Å². The fourth-order valence-electron chi connectivity index (χ4n) is 0.687. The minimum Gasteiger partial charge on any atom is -0.508 e. The van der Waals surface area contributed by atoms with Crippen LogP contribution in [-0.4, -0.2) is 36.6 Å². The molecule has 88 valence electrons. The molecular weight excluding hydrogens is 216 g/mol. The number of carboxylic acid groups (broad SMARTS) is 1. The van der Waals surface area contributed by atoms with Crippen molar-refractivity contribution >= 4 is 12.1 Å². The second kappa shape index (κ2) is 7.10. The fraction of sp³-hybridized carbons (Fsp3) is 0.200. The van der Waals surface area contributed by atoms with E-state index in [0.717, 1.165) is 0 Å². The number of hydrogen-bond acceptors (Lipinski definition) is 5. The summed E-state index contributed by atoms with van der Waals surface area (Å²) in [6, 6.07) is 5.36. The summed E-state index contributed by atoms with van der Waals surface area (Å²) in [7, 11) is 2.51. The highest BCUT2D eigenvalue weighted by atomic mass is 16.7. The summed E-state index contributed by atoms with van der Waals surface area (Å²) in [4.78, 5) is 20.0. The van der Waals surface area contributed by atoms with Gasteiger partial charge < -0.3 is 19.7 Å². The van der Waals surface area contributed by atoms with Crippen LogP contribution in [0, 0.1) is 0 Å². The number of carboxylic acids is 1. The highest BCUT2D eigenvalue weighted by Gasteiger charge is 1.99. The van der Waals surface area contributed by atoms with Gasteiger partial charge in [-0.15, -0.1) is 0 Å². The first kappa shape index (κ1) is 13.8. The van der Waals surface area contributed by atoms with Gasteiger partial charge in [0, 0.05) is 0 Å². The quantitative estimate of drug-likeness (QED) is 0.707. The van der Waals surface area contributed by atoms with E-state index >= 15 is 0 Å². The van der Waals surface area contributed by atoms with Crippen LogP contribution in [0.5, 0.6) is 5.75 Å². The topological polar surface area (TPSA) is 93.1 Å². The van der Waals surface area contributed by atoms with E-state index in [1.54, 1.807) is 0 Å². The molecule has 2 N–H and O–H groups in total. The Morgan fingerprint density at radius 3 is 1.75 bits per heavy atom. The molecule has 0 amide bonds. The molecule has 1 aromatic carbocycles. The number of aromatic hydroxyl groups is 1. The number of carbonyl (C=O) groups is 2. The van der Waals surface area contributed by atoms with Crippen molar-refractivity contribution in [2.75, 3.05) is 14.2 Å². The molecule has 0 aliphatic heterocycles. The molecule has 0 radical (unpaired) electrons. The Morgan fingerprint density at radius 1 is 1.06 bits per heavy atom. The summed E-state index contributed by atoms with van der Waals surface area (Å²) in [6.07, 6.45) is -0.657. The lowest BCUT2D eigenvalue weighted by Gasteiger charge is -1.92. The van der Waals surface area contributed by atoms with Gasteiger partial charge in [0.05, 0.1) is 19.8 Å². The van der Waals surface area contributed by atoms with Crippen LogP contribution in [0.4, 0.5) is 4.79 Å². The average molecular weight is 228 g/mol. The Hall–Kier alpha value is -2.24. The van der Waals surface area contributed by atoms with Crippen LogP contribution in [0.25, 0.3) is 0 Å². The Bertz CT molecular complexity index is 337. The van der Waals surface area contributed by atoms with E-state index in [1.165, 1.54) is 38.5 Å². The van der Waals surface area contributed by atoms with Crippen LogP contribution < -0.4 is 0 Å². The van der Waals surface area contributed by atoms with Gasteiger partial charge in [-0.05, 0) is 24.3 Å². The number of phenolic OH excluding ortho intramolecular Hbond substituents is 1. The summed E-state index contributed by atoms with van der Waals surface area (Å²) < 4.78 is 8.08. The summed E-state index contributed by atoms with van der Waals surface area (Å²) in [5.74, 6) is -0.912. The zero-order valence-corrected chi connectivity index (χ0v) is 8.84. The van der Waals surface area contributed by atoms with Crippen molar-refractivity contribution in [2.45, 2.75) is 0 Å². The zero-order chi connectivity index (χ0) is 12.6. The van der Waals surface area contributed by atoms with Gasteiger partial charge in [-0.1, -0.05) is 0 Å². The van der Waals surface area contributed by atoms with E-state index in [2.05, 4.69) is 9.47 Å². The van der Waals surface area contributed by atoms with Gasteiger partial charge in [0.15, 0.2) is 0 Å². The SMILES string of the molecule is COC(=O)OC.O=C(O)c1ccc(O)cc1. The third-order valence-electron chi connectivity index (χ3n) is 1.45. The number of rotatable bonds is 1. The van der Waals surface area contributed by atoms with Crippen LogP contribution in [-0.2, 0) is 9.47 Å². The molecule has 0 aliphatic carbocycles. The normalized spacial score (nSPS) is 8.38. The second-order valence-corrected chi connectivity index (χ2v) is 2.51. The van der Waals surface area contributed by atoms with E-state index < -0.39 is 12.1 Å². The third-order valence-corrected chi connectivity index (χ3v) is 1.45. The molecule has 6 heteroatoms. The molecule has 0 fully saturated rings. The van der Waals surface area contributed by atoms with Crippen molar-refractivity contribution in [3.05, 3.63) is 29.8 Å². The summed E-state index contributed by atoms with van der Waals surface area (Å²) in [5.41, 5.74) is 0.179. The largest absolute Gasteiger partial charge is 0.508 e. The number of aromatic carboxylic acids is 1. The minimum absolute atomic E-state index is 0.0741. The molecule has 1 rings (SSSR count). The van der Waals surface area contributed by atoms with E-state index in [4.69, 9.17) is 10.2 Å². The number of phenols is 1. The fourth-order valence-corrected chi connectivity index (χ4v) is 0.687. The van der Waals surface area contributed by atoms with E-state index in [-0.39, 0.29) is 11.3 Å². The summed E-state index contributed by atoms with van der Waals surface area (Å²) >= 11 is 0. The maximum atomic E-state index is 10.2. The molecule has 0 spiro atoms. The van der Waals surface area contributed by atoms with Crippen molar-refractivity contribution in [2.24, 2.45) is 0 Å². The van der Waals surface area contributed by atoms with E-state index in [9.17, 15) is 9.59 Å². The summed E-state index contributed by atoms with van der Waals surface area (Å²) in [5, 5.41) is 17.1. The van der Waals surface area contributed by atoms with Gasteiger partial charge in [-0.2, -0.15) is 0 Å². The van der Waals surface area contributed by atoms with Gasteiger partial charge >= 0.3 is 12.1 Å². The second-order valence-electron chi connectivity index (χ2n) is 2.51. The minimum atomic E-state index is -0.986. The highest BCUT2D eigenvalue weighted by molar-refractivity contribution is 5.87. The first-order valence-corrected chi connectivity index (χ1v) is 4.15. The van der Waals surface area contributed by atoms with Gasteiger partial charge in [0.2, 0.25) is 0 Å². The van der Waals surface area contributed by atoms with Crippen LogP contribution in [0.1, 0.15) is 10.4 Å². The van der Waals surface area contributed by atoms with Crippen molar-refractivity contribution in [1.29, 1.82) is 0 Å². The van der Waals surface area contributed by atoms with Crippen molar-refractivity contribution in [1.82, 2.24) is 0 Å². The molecule has 6 nitrogen and oxygen atoms in total. The van der Waals surface area contributed by atoms with Gasteiger partial charge in [-0.25, -0.2) is 9.59 Å². The molecule has 0 aliphatic rings. The third kappa shape index (κ3) is 5.48. The van der Waals surface area contributed by atoms with Crippen LogP contribution >= 0.6 is 0 Å². The van der Waals surface area contributed by atoms with Gasteiger partial charge in [0.25, 0.3) is 0 Å². The maximum absolute atomic E-state index is 10.2. The predicted molar refractivity (Wildman–Crippen MR) is 54.5 cm³/mol. The lowest BCUT2D eigenvalue weighted by molar-refractivity contribution is 0.0696. The number of methoxy groups -OCH3 is 2. The molecule has 0 saturated carbocycles. The lowest BCUT2D eigenvalue weighted by atomic mass is 10.2. The molecule has 0 aromatic heterocycles. The van der Waals surface area contributed by atoms with Crippen LogP contribution in [0.2, 0.25) is 0 Å². The number of hydrogen-bond donors (Lipinski definition) is 2. The Morgan fingerprint density at radius 2 is 1.50 bits per heavy atom. The first-order chi connectivity index (χ1) is 7.51. The monoisotopic (exact) mass is 228 g/mol. The van der Waals surface area contributed by atoms with Crippen molar-refractivity contribution in [3.8, 4) is 5.75 Å². The average Bonchev–Trinajstić information content (AvgIpc) is 2.29. The predicted octanol–water partition coefficient (Wildman–Crippen LogP) is 1.49. The van der Waals surface area contributed by atoms with Gasteiger partial charge in [-0.3, -0.25) is 0 Å². The molecular formula is C10H12O6. The number of carbonyl (C=O) groups excluding carboxylic acids is 1. The molecule has 0 saturated heterocycles. The molecule has 16 heavy (non-hydrogen) atoms. The maximum Gasteiger partial charge on any atom is 0.507 e. The zero-order valence-electron chi connectivity index (χ0n) is 8.84. The van der Waals surface area contributed by atoms with E-state index in [0.29, 0.717) is 0 Å². The van der Waals surface area contributed by atoms with E-state index in [1.807, 2.05) is 0 Å². The molecule has 0 atom stereocenters. The lowest BCUT2D eigenvalue weighted by Crippen LogP contribution is -1.97. The van der Waals surface area contributed by atoms with Crippen molar-refractivity contribution in [3.63, 3.8) is 0 Å².